The van der Waals surface area contributed by atoms with Gasteiger partial charge in [0.2, 0.25) is 0 Å². The molecule has 0 bridgehead atoms. The van der Waals surface area contributed by atoms with Crippen LogP contribution in [0.15, 0.2) is 25.3 Å². The summed E-state index contributed by atoms with van der Waals surface area (Å²) < 4.78 is 4.45. The molecule has 1 rings (SSSR count). The molecule has 0 aromatic rings. The molecule has 0 atom stereocenters. The average molecular weight is 166 g/mol. The second kappa shape index (κ2) is 2.93. The van der Waals surface area contributed by atoms with E-state index in [0.717, 1.165) is 18.9 Å². The predicted molar refractivity (Wildman–Crippen MR) is 43.2 cm³/mol. The van der Waals surface area contributed by atoms with Crippen molar-refractivity contribution in [2.45, 2.75) is 12.8 Å². The summed E-state index contributed by atoms with van der Waals surface area (Å²) in [6.45, 7) is 6.70. The highest BCUT2D eigenvalue weighted by molar-refractivity contribution is 5.95. The quantitative estimate of drug-likeness (QED) is 0.274. The first kappa shape index (κ1) is 8.71. The van der Waals surface area contributed by atoms with E-state index in [2.05, 4.69) is 17.9 Å². The Morgan fingerprint density at radius 2 is 1.92 bits per heavy atom. The van der Waals surface area contributed by atoms with Crippen LogP contribution in [0.5, 0.6) is 0 Å². The van der Waals surface area contributed by atoms with E-state index in [1.165, 1.54) is 6.08 Å². The minimum atomic E-state index is -0.701. The molecular formula is C9H10O3. The number of rotatable bonds is 3. The van der Waals surface area contributed by atoms with Crippen LogP contribution in [-0.2, 0) is 14.3 Å². The normalized spacial score (nSPS) is 17.7. The van der Waals surface area contributed by atoms with Crippen molar-refractivity contribution < 1.29 is 14.3 Å². The van der Waals surface area contributed by atoms with Crippen LogP contribution in [0.1, 0.15) is 12.8 Å². The first-order valence-corrected chi connectivity index (χ1v) is 3.67. The molecule has 0 saturated heterocycles. The van der Waals surface area contributed by atoms with Gasteiger partial charge in [0.25, 0.3) is 0 Å². The van der Waals surface area contributed by atoms with Gasteiger partial charge in [-0.05, 0) is 12.8 Å². The molecule has 1 fully saturated rings. The minimum Gasteiger partial charge on any atom is -0.389 e. The number of esters is 2. The van der Waals surface area contributed by atoms with Crippen LogP contribution in [0.4, 0.5) is 0 Å². The molecule has 0 radical (unpaired) electrons. The molecule has 12 heavy (non-hydrogen) atoms. The Morgan fingerprint density at radius 3 is 2.25 bits per heavy atom. The molecule has 1 aliphatic carbocycles. The van der Waals surface area contributed by atoms with Crippen molar-refractivity contribution in [1.82, 2.24) is 0 Å². The molecule has 0 spiro atoms. The SMILES string of the molecule is C=CC(=O)OC(=O)C1(C=C)CC1. The van der Waals surface area contributed by atoms with E-state index in [0.29, 0.717) is 0 Å². The Kier molecular flexibility index (Phi) is 2.13. The zero-order valence-corrected chi connectivity index (χ0v) is 6.71. The van der Waals surface area contributed by atoms with E-state index < -0.39 is 17.4 Å². The Bertz CT molecular complexity index is 248. The highest BCUT2D eigenvalue weighted by Crippen LogP contribution is 2.47. The van der Waals surface area contributed by atoms with E-state index >= 15 is 0 Å². The summed E-state index contributed by atoms with van der Waals surface area (Å²) in [4.78, 5) is 21.8. The van der Waals surface area contributed by atoms with Gasteiger partial charge in [-0.2, -0.15) is 0 Å². The second-order valence-electron chi connectivity index (χ2n) is 2.77. The lowest BCUT2D eigenvalue weighted by Crippen LogP contribution is -2.19. The smallest absolute Gasteiger partial charge is 0.337 e. The second-order valence-corrected chi connectivity index (χ2v) is 2.77. The van der Waals surface area contributed by atoms with Crippen LogP contribution in [-0.4, -0.2) is 11.9 Å². The van der Waals surface area contributed by atoms with Crippen molar-refractivity contribution in [1.29, 1.82) is 0 Å². The van der Waals surface area contributed by atoms with E-state index in [4.69, 9.17) is 0 Å². The number of carbonyl (C=O) groups excluding carboxylic acids is 2. The third kappa shape index (κ3) is 1.44. The molecular weight excluding hydrogens is 156 g/mol. The number of ether oxygens (including phenoxy) is 1. The zero-order valence-electron chi connectivity index (χ0n) is 6.71. The zero-order chi connectivity index (χ0) is 9.19. The summed E-state index contributed by atoms with van der Waals surface area (Å²) in [5, 5.41) is 0. The topological polar surface area (TPSA) is 43.4 Å². The standard InChI is InChI=1S/C9H10O3/c1-3-7(10)12-8(11)9(4-2)5-6-9/h3-4H,1-2,5-6H2. The fourth-order valence-corrected chi connectivity index (χ4v) is 0.861. The maximum Gasteiger partial charge on any atom is 0.337 e. The van der Waals surface area contributed by atoms with Gasteiger partial charge in [-0.15, -0.1) is 6.58 Å². The van der Waals surface area contributed by atoms with Gasteiger partial charge in [-0.1, -0.05) is 12.7 Å². The summed E-state index contributed by atoms with van der Waals surface area (Å²) >= 11 is 0. The molecule has 0 heterocycles. The monoisotopic (exact) mass is 166 g/mol. The van der Waals surface area contributed by atoms with Gasteiger partial charge in [0.1, 0.15) is 0 Å². The number of hydrogen-bond donors (Lipinski definition) is 0. The fraction of sp³-hybridized carbons (Fsp3) is 0.333. The first-order valence-electron chi connectivity index (χ1n) is 3.67. The summed E-state index contributed by atoms with van der Waals surface area (Å²) in [5.41, 5.74) is -0.585. The van der Waals surface area contributed by atoms with Gasteiger partial charge in [-0.25, -0.2) is 4.79 Å². The molecule has 3 heteroatoms. The van der Waals surface area contributed by atoms with E-state index in [1.54, 1.807) is 0 Å². The van der Waals surface area contributed by atoms with Crippen LogP contribution in [0, 0.1) is 5.41 Å². The Hall–Kier alpha value is -1.38. The third-order valence-corrected chi connectivity index (χ3v) is 1.95. The predicted octanol–water partition coefficient (Wildman–Crippen LogP) is 1.21. The first-order chi connectivity index (χ1) is 5.64. The van der Waals surface area contributed by atoms with Crippen LogP contribution < -0.4 is 0 Å². The largest absolute Gasteiger partial charge is 0.389 e. The van der Waals surface area contributed by atoms with Crippen molar-refractivity contribution in [3.05, 3.63) is 25.3 Å². The molecule has 0 aromatic heterocycles. The van der Waals surface area contributed by atoms with Gasteiger partial charge < -0.3 is 4.74 Å². The van der Waals surface area contributed by atoms with Crippen LogP contribution in [0.3, 0.4) is 0 Å². The molecule has 3 nitrogen and oxygen atoms in total. The van der Waals surface area contributed by atoms with Gasteiger partial charge in [0.05, 0.1) is 5.41 Å². The maximum atomic E-state index is 11.2. The average Bonchev–Trinajstić information content (AvgIpc) is 2.84. The lowest BCUT2D eigenvalue weighted by molar-refractivity contribution is -0.159. The maximum absolute atomic E-state index is 11.2. The molecule has 0 unspecified atom stereocenters. The Labute approximate surface area is 70.7 Å². The summed E-state index contributed by atoms with van der Waals surface area (Å²) in [7, 11) is 0. The Morgan fingerprint density at radius 1 is 1.33 bits per heavy atom. The van der Waals surface area contributed by atoms with E-state index in [-0.39, 0.29) is 0 Å². The molecule has 1 aliphatic rings. The van der Waals surface area contributed by atoms with Gasteiger partial charge in [0, 0.05) is 6.08 Å². The highest BCUT2D eigenvalue weighted by Gasteiger charge is 2.49. The van der Waals surface area contributed by atoms with Crippen molar-refractivity contribution in [2.24, 2.45) is 5.41 Å². The lowest BCUT2D eigenvalue weighted by atomic mass is 10.1. The van der Waals surface area contributed by atoms with Gasteiger partial charge >= 0.3 is 11.9 Å². The van der Waals surface area contributed by atoms with Gasteiger partial charge in [0.15, 0.2) is 0 Å². The molecule has 0 aliphatic heterocycles. The van der Waals surface area contributed by atoms with Crippen molar-refractivity contribution in [2.75, 3.05) is 0 Å². The Balaban J connectivity index is 2.54. The molecule has 64 valence electrons. The van der Waals surface area contributed by atoms with Crippen LogP contribution in [0.25, 0.3) is 0 Å². The molecule has 1 saturated carbocycles. The van der Waals surface area contributed by atoms with Crippen molar-refractivity contribution in [3.63, 3.8) is 0 Å². The number of carbonyl (C=O) groups is 2. The van der Waals surface area contributed by atoms with Crippen LogP contribution >= 0.6 is 0 Å². The minimum absolute atomic E-state index is 0.512. The van der Waals surface area contributed by atoms with E-state index in [9.17, 15) is 9.59 Å². The number of hydrogen-bond acceptors (Lipinski definition) is 3. The summed E-state index contributed by atoms with van der Waals surface area (Å²) in [6.07, 6.45) is 3.95. The molecule has 0 N–H and O–H groups in total. The molecule has 0 amide bonds. The fourth-order valence-electron chi connectivity index (χ4n) is 0.861. The summed E-state index contributed by atoms with van der Waals surface area (Å²) in [5.74, 6) is -1.21. The van der Waals surface area contributed by atoms with E-state index in [1.807, 2.05) is 0 Å². The van der Waals surface area contributed by atoms with Crippen molar-refractivity contribution >= 4 is 11.9 Å². The lowest BCUT2D eigenvalue weighted by Gasteiger charge is -2.05. The summed E-state index contributed by atoms with van der Waals surface area (Å²) in [6, 6.07) is 0. The molecule has 0 aromatic carbocycles. The van der Waals surface area contributed by atoms with Crippen molar-refractivity contribution in [3.8, 4) is 0 Å². The third-order valence-electron chi connectivity index (χ3n) is 1.95. The highest BCUT2D eigenvalue weighted by atomic mass is 16.6. The van der Waals surface area contributed by atoms with Gasteiger partial charge in [-0.3, -0.25) is 4.79 Å². The van der Waals surface area contributed by atoms with Crippen LogP contribution in [0.2, 0.25) is 0 Å².